The van der Waals surface area contributed by atoms with Crippen molar-refractivity contribution in [1.82, 2.24) is 15.1 Å². The van der Waals surface area contributed by atoms with Gasteiger partial charge in [0.05, 0.1) is 39.5 Å². The number of esters is 1. The van der Waals surface area contributed by atoms with E-state index in [4.69, 9.17) is 14.2 Å². The summed E-state index contributed by atoms with van der Waals surface area (Å²) in [6, 6.07) is 13.5. The Kier molecular flexibility index (Phi) is 6.69. The van der Waals surface area contributed by atoms with Crippen LogP contribution in [0.3, 0.4) is 0 Å². The molecule has 3 rings (SSSR count). The molecule has 0 fully saturated rings. The second-order valence-corrected chi connectivity index (χ2v) is 6.42. The summed E-state index contributed by atoms with van der Waals surface area (Å²) in [6.45, 7) is 0. The fourth-order valence-corrected chi connectivity index (χ4v) is 3.00. The molecule has 0 radical (unpaired) electrons. The van der Waals surface area contributed by atoms with Crippen molar-refractivity contribution >= 4 is 11.9 Å². The first-order valence-corrected chi connectivity index (χ1v) is 9.25. The molecule has 0 spiro atoms. The van der Waals surface area contributed by atoms with Crippen molar-refractivity contribution in [1.29, 1.82) is 0 Å². The molecule has 1 heterocycles. The summed E-state index contributed by atoms with van der Waals surface area (Å²) >= 11 is 0. The molecule has 3 aromatic rings. The van der Waals surface area contributed by atoms with Crippen LogP contribution in [0.25, 0.3) is 5.69 Å². The van der Waals surface area contributed by atoms with Crippen molar-refractivity contribution in [2.24, 2.45) is 0 Å². The number of ether oxygens (including phenoxy) is 3. The lowest BCUT2D eigenvalue weighted by atomic mass is 10.0. The van der Waals surface area contributed by atoms with Crippen molar-refractivity contribution < 1.29 is 23.8 Å². The van der Waals surface area contributed by atoms with Gasteiger partial charge in [0.2, 0.25) is 0 Å². The van der Waals surface area contributed by atoms with Gasteiger partial charge in [-0.2, -0.15) is 5.10 Å². The third-order valence-electron chi connectivity index (χ3n) is 4.61. The summed E-state index contributed by atoms with van der Waals surface area (Å²) in [5.74, 6) is 0.302. The van der Waals surface area contributed by atoms with Crippen molar-refractivity contribution in [2.75, 3.05) is 21.3 Å². The Balaban J connectivity index is 1.82. The molecule has 1 atom stereocenters. The van der Waals surface area contributed by atoms with E-state index in [0.29, 0.717) is 22.6 Å². The van der Waals surface area contributed by atoms with Crippen LogP contribution in [0.2, 0.25) is 0 Å². The monoisotopic (exact) mass is 409 g/mol. The molecule has 0 saturated heterocycles. The van der Waals surface area contributed by atoms with Gasteiger partial charge in [-0.1, -0.05) is 6.07 Å². The highest BCUT2D eigenvalue weighted by atomic mass is 16.5. The molecule has 0 bridgehead atoms. The summed E-state index contributed by atoms with van der Waals surface area (Å²) in [4.78, 5) is 24.8. The summed E-state index contributed by atoms with van der Waals surface area (Å²) in [5.41, 5.74) is 1.99. The van der Waals surface area contributed by atoms with Crippen LogP contribution in [0.1, 0.15) is 28.4 Å². The standard InChI is InChI=1S/C22H23N3O5/c1-28-19-10-7-16(13-20(19)29-2)18(14-21(26)30-3)24-22(27)15-5-8-17(9-6-15)25-12-4-11-23-25/h4-13,18H,14H2,1-3H3,(H,24,27)/t18-/m1/s1. The summed E-state index contributed by atoms with van der Waals surface area (Å²) < 4.78 is 17.1. The molecule has 0 aliphatic rings. The topological polar surface area (TPSA) is 91.7 Å². The molecule has 30 heavy (non-hydrogen) atoms. The number of nitrogens with one attached hydrogen (secondary N) is 1. The minimum Gasteiger partial charge on any atom is -0.493 e. The van der Waals surface area contributed by atoms with E-state index >= 15 is 0 Å². The molecule has 0 unspecified atom stereocenters. The SMILES string of the molecule is COC(=O)C[C@@H](NC(=O)c1ccc(-n2cccn2)cc1)c1ccc(OC)c(OC)c1. The molecule has 8 heteroatoms. The number of methoxy groups -OCH3 is 3. The van der Waals surface area contributed by atoms with Gasteiger partial charge in [0.1, 0.15) is 0 Å². The molecule has 156 valence electrons. The van der Waals surface area contributed by atoms with E-state index in [9.17, 15) is 9.59 Å². The highest BCUT2D eigenvalue weighted by molar-refractivity contribution is 5.95. The molecule has 0 aliphatic heterocycles. The largest absolute Gasteiger partial charge is 0.493 e. The smallest absolute Gasteiger partial charge is 0.307 e. The van der Waals surface area contributed by atoms with Crippen LogP contribution in [0.5, 0.6) is 11.5 Å². The van der Waals surface area contributed by atoms with Crippen LogP contribution in [0, 0.1) is 0 Å². The normalized spacial score (nSPS) is 11.4. The number of benzene rings is 2. The highest BCUT2D eigenvalue weighted by Gasteiger charge is 2.21. The van der Waals surface area contributed by atoms with Crippen molar-refractivity contribution in [3.05, 3.63) is 72.1 Å². The van der Waals surface area contributed by atoms with E-state index in [0.717, 1.165) is 5.69 Å². The quantitative estimate of drug-likeness (QED) is 0.575. The van der Waals surface area contributed by atoms with E-state index in [2.05, 4.69) is 10.4 Å². The molecule has 0 saturated carbocycles. The second kappa shape index (κ2) is 9.60. The Morgan fingerprint density at radius 2 is 1.77 bits per heavy atom. The van der Waals surface area contributed by atoms with E-state index in [-0.39, 0.29) is 12.3 Å². The lowest BCUT2D eigenvalue weighted by Gasteiger charge is -2.20. The zero-order valence-corrected chi connectivity index (χ0v) is 17.0. The third-order valence-corrected chi connectivity index (χ3v) is 4.61. The average Bonchev–Trinajstić information content (AvgIpc) is 3.33. The first kappa shape index (κ1) is 20.9. The van der Waals surface area contributed by atoms with Gasteiger partial charge >= 0.3 is 5.97 Å². The van der Waals surface area contributed by atoms with Crippen molar-refractivity contribution in [2.45, 2.75) is 12.5 Å². The zero-order chi connectivity index (χ0) is 21.5. The Labute approximate surface area is 174 Å². The number of aromatic nitrogens is 2. The highest BCUT2D eigenvalue weighted by Crippen LogP contribution is 2.31. The Bertz CT molecular complexity index is 1000. The Morgan fingerprint density at radius 3 is 2.37 bits per heavy atom. The predicted octanol–water partition coefficient (Wildman–Crippen LogP) is 2.92. The number of hydrogen-bond donors (Lipinski definition) is 1. The van der Waals surface area contributed by atoms with Crippen LogP contribution in [-0.4, -0.2) is 43.0 Å². The van der Waals surface area contributed by atoms with E-state index in [1.165, 1.54) is 21.3 Å². The van der Waals surface area contributed by atoms with Crippen LogP contribution in [-0.2, 0) is 9.53 Å². The number of rotatable bonds is 8. The van der Waals surface area contributed by atoms with E-state index in [1.807, 2.05) is 12.3 Å². The number of carbonyl (C=O) groups is 2. The number of carbonyl (C=O) groups excluding carboxylic acids is 2. The average molecular weight is 409 g/mol. The molecule has 1 amide bonds. The summed E-state index contributed by atoms with van der Waals surface area (Å²) in [5, 5.41) is 7.06. The van der Waals surface area contributed by atoms with Gasteiger partial charge in [-0.3, -0.25) is 9.59 Å². The van der Waals surface area contributed by atoms with Gasteiger partial charge in [0.25, 0.3) is 5.91 Å². The maximum Gasteiger partial charge on any atom is 0.307 e. The fraction of sp³-hybridized carbons (Fsp3) is 0.227. The number of amides is 1. The van der Waals surface area contributed by atoms with Crippen LogP contribution < -0.4 is 14.8 Å². The number of nitrogens with zero attached hydrogens (tertiary/aromatic N) is 2. The zero-order valence-electron chi connectivity index (χ0n) is 17.0. The van der Waals surface area contributed by atoms with Crippen LogP contribution in [0.4, 0.5) is 0 Å². The molecule has 1 aromatic heterocycles. The molecule has 8 nitrogen and oxygen atoms in total. The molecular weight excluding hydrogens is 386 g/mol. The summed E-state index contributed by atoms with van der Waals surface area (Å²) in [7, 11) is 4.37. The molecular formula is C22H23N3O5. The Morgan fingerprint density at radius 1 is 1.03 bits per heavy atom. The summed E-state index contributed by atoms with van der Waals surface area (Å²) in [6.07, 6.45) is 3.47. The van der Waals surface area contributed by atoms with Crippen LogP contribution >= 0.6 is 0 Å². The lowest BCUT2D eigenvalue weighted by molar-refractivity contribution is -0.141. The third kappa shape index (κ3) is 4.78. The maximum absolute atomic E-state index is 12.8. The molecule has 1 N–H and O–H groups in total. The van der Waals surface area contributed by atoms with Gasteiger partial charge in [-0.25, -0.2) is 4.68 Å². The van der Waals surface area contributed by atoms with Gasteiger partial charge in [-0.05, 0) is 48.0 Å². The number of hydrogen-bond acceptors (Lipinski definition) is 6. The van der Waals surface area contributed by atoms with Gasteiger partial charge in [-0.15, -0.1) is 0 Å². The van der Waals surface area contributed by atoms with Gasteiger partial charge in [0.15, 0.2) is 11.5 Å². The van der Waals surface area contributed by atoms with Crippen LogP contribution in [0.15, 0.2) is 60.9 Å². The lowest BCUT2D eigenvalue weighted by Crippen LogP contribution is -2.30. The minimum absolute atomic E-state index is 0.0247. The van der Waals surface area contributed by atoms with Crippen molar-refractivity contribution in [3.8, 4) is 17.2 Å². The van der Waals surface area contributed by atoms with Crippen molar-refractivity contribution in [3.63, 3.8) is 0 Å². The first-order valence-electron chi connectivity index (χ1n) is 9.25. The maximum atomic E-state index is 12.8. The van der Waals surface area contributed by atoms with E-state index in [1.54, 1.807) is 53.3 Å². The molecule has 2 aromatic carbocycles. The van der Waals surface area contributed by atoms with Gasteiger partial charge in [0, 0.05) is 18.0 Å². The first-order chi connectivity index (χ1) is 14.5. The molecule has 0 aliphatic carbocycles. The Hall–Kier alpha value is -3.81. The van der Waals surface area contributed by atoms with E-state index < -0.39 is 12.0 Å². The fourth-order valence-electron chi connectivity index (χ4n) is 3.00. The van der Waals surface area contributed by atoms with Gasteiger partial charge < -0.3 is 19.5 Å². The minimum atomic E-state index is -0.601. The second-order valence-electron chi connectivity index (χ2n) is 6.42. The predicted molar refractivity (Wildman–Crippen MR) is 110 cm³/mol.